The fourth-order valence-corrected chi connectivity index (χ4v) is 3.27. The highest BCUT2D eigenvalue weighted by Crippen LogP contribution is 2.38. The second kappa shape index (κ2) is 9.62. The Balaban J connectivity index is 2.06. The fraction of sp³-hybridized carbons (Fsp3) is 0.182. The minimum Gasteiger partial charge on any atom is -0.490 e. The zero-order chi connectivity index (χ0) is 24.4. The van der Waals surface area contributed by atoms with Crippen molar-refractivity contribution in [2.45, 2.75) is 13.8 Å². The van der Waals surface area contributed by atoms with Gasteiger partial charge >= 0.3 is 0 Å². The van der Waals surface area contributed by atoms with Crippen LogP contribution in [0.25, 0.3) is 6.08 Å². The number of benzene rings is 2. The van der Waals surface area contributed by atoms with E-state index < -0.39 is 40.7 Å². The van der Waals surface area contributed by atoms with Gasteiger partial charge in [-0.3, -0.25) is 4.79 Å². The van der Waals surface area contributed by atoms with Crippen LogP contribution in [0.2, 0.25) is 5.02 Å². The number of carbonyl (C=O) groups excluding carboxylic acids is 1. The molecule has 1 aliphatic heterocycles. The van der Waals surface area contributed by atoms with Crippen LogP contribution in [0.5, 0.6) is 11.5 Å². The predicted octanol–water partition coefficient (Wildman–Crippen LogP) is 5.81. The number of rotatable bonds is 7. The largest absolute Gasteiger partial charge is 0.490 e. The molecule has 1 aliphatic rings. The monoisotopic (exact) mass is 486 g/mol. The lowest BCUT2D eigenvalue weighted by molar-refractivity contribution is -0.114. The number of nitrogens with zero attached hydrogens (tertiary/aromatic N) is 2. The molecule has 3 rings (SSSR count). The van der Waals surface area contributed by atoms with Gasteiger partial charge in [0, 0.05) is 0 Å². The van der Waals surface area contributed by atoms with Gasteiger partial charge in [-0.25, -0.2) is 22.0 Å². The minimum atomic E-state index is -2.34. The lowest BCUT2D eigenvalue weighted by Crippen LogP contribution is -2.25. The van der Waals surface area contributed by atoms with E-state index in [4.69, 9.17) is 21.1 Å². The number of ether oxygens (including phenoxy) is 2. The Morgan fingerprint density at radius 3 is 2.24 bits per heavy atom. The number of carbonyl (C=O) groups is 1. The zero-order valence-electron chi connectivity index (χ0n) is 17.3. The summed E-state index contributed by atoms with van der Waals surface area (Å²) in [7, 11) is 0. The van der Waals surface area contributed by atoms with Crippen LogP contribution in [0, 0.1) is 29.1 Å². The molecule has 0 aromatic heterocycles. The summed E-state index contributed by atoms with van der Waals surface area (Å²) in [5.74, 6) is -11.7. The highest BCUT2D eigenvalue weighted by Gasteiger charge is 2.37. The van der Waals surface area contributed by atoms with Crippen LogP contribution in [0.4, 0.5) is 27.6 Å². The van der Waals surface area contributed by atoms with E-state index in [1.165, 1.54) is 31.2 Å². The third-order valence-electron chi connectivity index (χ3n) is 4.45. The minimum absolute atomic E-state index is 0.0231. The van der Waals surface area contributed by atoms with Crippen LogP contribution in [0.15, 0.2) is 35.5 Å². The molecular formula is C22H16ClF5N2O3. The molecule has 0 saturated carbocycles. The van der Waals surface area contributed by atoms with Gasteiger partial charge in [0.25, 0.3) is 5.91 Å². The molecule has 0 fully saturated rings. The first-order valence-corrected chi connectivity index (χ1v) is 9.83. The molecule has 0 atom stereocenters. The van der Waals surface area contributed by atoms with Gasteiger partial charge in [0.05, 0.1) is 22.9 Å². The maximum Gasteiger partial charge on any atom is 0.280 e. The molecule has 1 amide bonds. The van der Waals surface area contributed by atoms with Crippen molar-refractivity contribution in [1.82, 2.24) is 0 Å². The van der Waals surface area contributed by atoms with Crippen molar-refractivity contribution in [3.63, 3.8) is 0 Å². The number of hydrogen-bond acceptors (Lipinski definition) is 4. The van der Waals surface area contributed by atoms with Crippen molar-refractivity contribution >= 4 is 35.0 Å². The van der Waals surface area contributed by atoms with Crippen LogP contribution in [0.1, 0.15) is 19.4 Å². The second-order valence-corrected chi connectivity index (χ2v) is 7.05. The standard InChI is InChI=1S/C22H16ClF5N2O3/c1-4-6-33-21-13(23)8-11(9-14(21)32-5-2)7-12-10(3)29-30(22(12)31)20-18(27)16(25)15(24)17(26)19(20)28/h4,7-9H,1,5-6H2,2-3H3/b12-7+. The van der Waals surface area contributed by atoms with Crippen LogP contribution < -0.4 is 14.5 Å². The van der Waals surface area contributed by atoms with Crippen molar-refractivity contribution in [2.75, 3.05) is 18.2 Å². The lowest BCUT2D eigenvalue weighted by atomic mass is 10.1. The van der Waals surface area contributed by atoms with E-state index in [1.807, 2.05) is 0 Å². The summed E-state index contributed by atoms with van der Waals surface area (Å²) in [4.78, 5) is 12.8. The second-order valence-electron chi connectivity index (χ2n) is 6.64. The summed E-state index contributed by atoms with van der Waals surface area (Å²) in [5.41, 5.74) is -1.31. The van der Waals surface area contributed by atoms with Gasteiger partial charge in [0.2, 0.25) is 5.82 Å². The van der Waals surface area contributed by atoms with E-state index in [-0.39, 0.29) is 46.0 Å². The van der Waals surface area contributed by atoms with Gasteiger partial charge < -0.3 is 9.47 Å². The van der Waals surface area contributed by atoms with Crippen LogP contribution in [-0.2, 0) is 4.79 Å². The quantitative estimate of drug-likeness (QED) is 0.163. The molecule has 1 heterocycles. The van der Waals surface area contributed by atoms with Gasteiger partial charge in [0.1, 0.15) is 12.3 Å². The van der Waals surface area contributed by atoms with E-state index in [2.05, 4.69) is 11.7 Å². The molecule has 5 nitrogen and oxygen atoms in total. The van der Waals surface area contributed by atoms with Gasteiger partial charge in [-0.2, -0.15) is 10.1 Å². The lowest BCUT2D eigenvalue weighted by Gasteiger charge is -2.15. The number of anilines is 1. The summed E-state index contributed by atoms with van der Waals surface area (Å²) < 4.78 is 79.9. The summed E-state index contributed by atoms with van der Waals surface area (Å²) in [6.45, 7) is 7.04. The zero-order valence-corrected chi connectivity index (χ0v) is 18.1. The Labute approximate surface area is 190 Å². The maximum absolute atomic E-state index is 14.2. The van der Waals surface area contributed by atoms with E-state index in [1.54, 1.807) is 6.92 Å². The van der Waals surface area contributed by atoms with E-state index >= 15 is 0 Å². The number of halogens is 6. The van der Waals surface area contributed by atoms with Gasteiger partial charge in [-0.15, -0.1) is 0 Å². The van der Waals surface area contributed by atoms with Crippen LogP contribution in [-0.4, -0.2) is 24.8 Å². The molecule has 11 heteroatoms. The summed E-state index contributed by atoms with van der Waals surface area (Å²) in [6, 6.07) is 2.94. The summed E-state index contributed by atoms with van der Waals surface area (Å²) in [6.07, 6.45) is 2.80. The molecular weight excluding hydrogens is 471 g/mol. The first kappa shape index (κ1) is 24.2. The fourth-order valence-electron chi connectivity index (χ4n) is 3.00. The van der Waals surface area contributed by atoms with Crippen molar-refractivity contribution in [3.8, 4) is 11.5 Å². The van der Waals surface area contributed by atoms with Crippen LogP contribution in [0.3, 0.4) is 0 Å². The van der Waals surface area contributed by atoms with Crippen molar-refractivity contribution in [2.24, 2.45) is 5.10 Å². The molecule has 0 radical (unpaired) electrons. The Morgan fingerprint density at radius 2 is 1.67 bits per heavy atom. The number of amides is 1. The van der Waals surface area contributed by atoms with E-state index in [9.17, 15) is 26.7 Å². The molecule has 0 unspecified atom stereocenters. The molecule has 0 spiro atoms. The van der Waals surface area contributed by atoms with Crippen molar-refractivity contribution in [1.29, 1.82) is 0 Å². The first-order chi connectivity index (χ1) is 15.6. The maximum atomic E-state index is 14.2. The van der Waals surface area contributed by atoms with E-state index in [0.717, 1.165) is 0 Å². The highest BCUT2D eigenvalue weighted by molar-refractivity contribution is 6.33. The Morgan fingerprint density at radius 1 is 1.06 bits per heavy atom. The molecule has 2 aromatic carbocycles. The van der Waals surface area contributed by atoms with Crippen molar-refractivity contribution in [3.05, 3.63) is 70.0 Å². The number of hydrazone groups is 1. The molecule has 0 aliphatic carbocycles. The summed E-state index contributed by atoms with van der Waals surface area (Å²) in [5, 5.41) is 3.96. The highest BCUT2D eigenvalue weighted by atomic mass is 35.5. The average Bonchev–Trinajstić information content (AvgIpc) is 3.04. The third kappa shape index (κ3) is 4.43. The van der Waals surface area contributed by atoms with Crippen LogP contribution >= 0.6 is 11.6 Å². The molecule has 2 aromatic rings. The molecule has 0 saturated heterocycles. The predicted molar refractivity (Wildman–Crippen MR) is 113 cm³/mol. The Kier molecular flexibility index (Phi) is 7.06. The molecule has 0 N–H and O–H groups in total. The van der Waals surface area contributed by atoms with Gasteiger partial charge in [-0.05, 0) is 37.6 Å². The van der Waals surface area contributed by atoms with E-state index in [0.29, 0.717) is 5.56 Å². The normalized spacial score (nSPS) is 14.7. The Hall–Kier alpha value is -3.40. The van der Waals surface area contributed by atoms with Gasteiger partial charge in [0.15, 0.2) is 34.8 Å². The number of hydrogen-bond donors (Lipinski definition) is 0. The smallest absolute Gasteiger partial charge is 0.280 e. The van der Waals surface area contributed by atoms with Crippen molar-refractivity contribution < 1.29 is 36.2 Å². The molecule has 33 heavy (non-hydrogen) atoms. The summed E-state index contributed by atoms with van der Waals surface area (Å²) >= 11 is 6.27. The first-order valence-electron chi connectivity index (χ1n) is 9.45. The third-order valence-corrected chi connectivity index (χ3v) is 4.73. The van der Waals surface area contributed by atoms with Gasteiger partial charge in [-0.1, -0.05) is 24.3 Å². The Bertz CT molecular complexity index is 1180. The molecule has 174 valence electrons. The SMILES string of the molecule is C=CCOc1c(Cl)cc(/C=C2/C(=O)N(c3c(F)c(F)c(F)c(F)c3F)N=C2C)cc1OCC. The topological polar surface area (TPSA) is 51.1 Å². The molecule has 0 bridgehead atoms. The average molecular weight is 487 g/mol.